The minimum absolute atomic E-state index is 0.0681. The standard InChI is InChI=1S/C13H15BrN2O2S/c1-18-7-6-16-5-2-3-11(16)13(17)15-9-12-10(14)4-8-19-12/h2-5,8H,6-7,9H2,1H3,(H,15,17). The number of nitrogens with zero attached hydrogens (tertiary/aromatic N) is 1. The van der Waals surface area contributed by atoms with Crippen molar-refractivity contribution in [2.75, 3.05) is 13.7 Å². The van der Waals surface area contributed by atoms with Crippen molar-refractivity contribution < 1.29 is 9.53 Å². The van der Waals surface area contributed by atoms with Crippen molar-refractivity contribution in [2.45, 2.75) is 13.1 Å². The third-order valence-corrected chi connectivity index (χ3v) is 4.63. The smallest absolute Gasteiger partial charge is 0.268 e. The first kappa shape index (κ1) is 14.3. The van der Waals surface area contributed by atoms with Crippen LogP contribution in [0.2, 0.25) is 0 Å². The average Bonchev–Trinajstić information content (AvgIpc) is 3.02. The molecule has 102 valence electrons. The Hall–Kier alpha value is -1.11. The van der Waals surface area contributed by atoms with E-state index < -0.39 is 0 Å². The number of ether oxygens (including phenoxy) is 1. The number of carbonyl (C=O) groups excluding carboxylic acids is 1. The van der Waals surface area contributed by atoms with Crippen LogP contribution in [0.1, 0.15) is 15.4 Å². The van der Waals surface area contributed by atoms with Crippen LogP contribution in [-0.2, 0) is 17.8 Å². The second-order valence-corrected chi connectivity index (χ2v) is 5.81. The van der Waals surface area contributed by atoms with Crippen molar-refractivity contribution in [1.82, 2.24) is 9.88 Å². The Bertz CT molecular complexity index is 550. The second kappa shape index (κ2) is 6.88. The highest BCUT2D eigenvalue weighted by Gasteiger charge is 2.11. The zero-order valence-electron chi connectivity index (χ0n) is 10.6. The molecule has 2 aromatic heterocycles. The van der Waals surface area contributed by atoms with Gasteiger partial charge in [0, 0.05) is 29.2 Å². The number of amides is 1. The van der Waals surface area contributed by atoms with Gasteiger partial charge in [0.25, 0.3) is 5.91 Å². The predicted molar refractivity (Wildman–Crippen MR) is 79.5 cm³/mol. The lowest BCUT2D eigenvalue weighted by Gasteiger charge is -2.09. The molecule has 1 N–H and O–H groups in total. The van der Waals surface area contributed by atoms with Gasteiger partial charge in [0.15, 0.2) is 0 Å². The molecule has 19 heavy (non-hydrogen) atoms. The van der Waals surface area contributed by atoms with E-state index in [9.17, 15) is 4.79 Å². The summed E-state index contributed by atoms with van der Waals surface area (Å²) < 4.78 is 7.95. The lowest BCUT2D eigenvalue weighted by atomic mass is 10.3. The van der Waals surface area contributed by atoms with E-state index in [1.807, 2.05) is 34.3 Å². The monoisotopic (exact) mass is 342 g/mol. The van der Waals surface area contributed by atoms with Gasteiger partial charge in [0.2, 0.25) is 0 Å². The molecule has 0 aromatic carbocycles. The van der Waals surface area contributed by atoms with Gasteiger partial charge in [0.05, 0.1) is 13.2 Å². The number of rotatable bonds is 6. The van der Waals surface area contributed by atoms with Gasteiger partial charge in [-0.05, 0) is 39.5 Å². The predicted octanol–water partition coefficient (Wildman–Crippen LogP) is 2.89. The summed E-state index contributed by atoms with van der Waals surface area (Å²) in [4.78, 5) is 13.2. The highest BCUT2D eigenvalue weighted by Crippen LogP contribution is 2.22. The van der Waals surface area contributed by atoms with Gasteiger partial charge in [0.1, 0.15) is 5.69 Å². The molecule has 0 saturated carbocycles. The highest BCUT2D eigenvalue weighted by atomic mass is 79.9. The summed E-state index contributed by atoms with van der Waals surface area (Å²) in [6.07, 6.45) is 1.88. The molecule has 0 aliphatic carbocycles. The quantitative estimate of drug-likeness (QED) is 0.877. The number of carbonyl (C=O) groups is 1. The Kier molecular flexibility index (Phi) is 5.18. The van der Waals surface area contributed by atoms with Crippen LogP contribution in [0.5, 0.6) is 0 Å². The van der Waals surface area contributed by atoms with E-state index >= 15 is 0 Å². The number of nitrogens with one attached hydrogen (secondary N) is 1. The summed E-state index contributed by atoms with van der Waals surface area (Å²) >= 11 is 5.07. The van der Waals surface area contributed by atoms with Crippen molar-refractivity contribution >= 4 is 33.2 Å². The average molecular weight is 343 g/mol. The van der Waals surface area contributed by atoms with E-state index in [1.165, 1.54) is 0 Å². The van der Waals surface area contributed by atoms with Crippen LogP contribution in [-0.4, -0.2) is 24.2 Å². The summed E-state index contributed by atoms with van der Waals surface area (Å²) in [5.41, 5.74) is 0.657. The highest BCUT2D eigenvalue weighted by molar-refractivity contribution is 9.10. The van der Waals surface area contributed by atoms with Crippen LogP contribution in [0.25, 0.3) is 0 Å². The van der Waals surface area contributed by atoms with Crippen molar-refractivity contribution in [3.05, 3.63) is 44.8 Å². The number of hydrogen-bond donors (Lipinski definition) is 1. The van der Waals surface area contributed by atoms with Crippen molar-refractivity contribution in [3.63, 3.8) is 0 Å². The van der Waals surface area contributed by atoms with Crippen molar-refractivity contribution in [2.24, 2.45) is 0 Å². The molecule has 2 rings (SSSR count). The Morgan fingerprint density at radius 2 is 2.37 bits per heavy atom. The van der Waals surface area contributed by atoms with Crippen LogP contribution in [0.15, 0.2) is 34.2 Å². The second-order valence-electron chi connectivity index (χ2n) is 3.95. The molecule has 0 saturated heterocycles. The van der Waals surface area contributed by atoms with Gasteiger partial charge in [-0.25, -0.2) is 0 Å². The van der Waals surface area contributed by atoms with Crippen molar-refractivity contribution in [1.29, 1.82) is 0 Å². The maximum absolute atomic E-state index is 12.1. The first-order valence-corrected chi connectivity index (χ1v) is 7.53. The zero-order chi connectivity index (χ0) is 13.7. The fourth-order valence-electron chi connectivity index (χ4n) is 1.71. The molecule has 2 heterocycles. The molecule has 0 spiro atoms. The molecule has 0 fully saturated rings. The Balaban J connectivity index is 1.96. The van der Waals surface area contributed by atoms with E-state index in [0.717, 1.165) is 9.35 Å². The van der Waals surface area contributed by atoms with E-state index in [4.69, 9.17) is 4.74 Å². The van der Waals surface area contributed by atoms with Crippen LogP contribution < -0.4 is 5.32 Å². The van der Waals surface area contributed by atoms with Crippen LogP contribution >= 0.6 is 27.3 Å². The molecule has 0 aliphatic heterocycles. The zero-order valence-corrected chi connectivity index (χ0v) is 13.0. The van der Waals surface area contributed by atoms with E-state index in [-0.39, 0.29) is 5.91 Å². The molecule has 0 atom stereocenters. The fourth-order valence-corrected chi connectivity index (χ4v) is 3.14. The van der Waals surface area contributed by atoms with Gasteiger partial charge in [-0.2, -0.15) is 0 Å². The number of methoxy groups -OCH3 is 1. The van der Waals surface area contributed by atoms with Crippen LogP contribution in [0.3, 0.4) is 0 Å². The summed E-state index contributed by atoms with van der Waals surface area (Å²) in [6, 6.07) is 5.66. The largest absolute Gasteiger partial charge is 0.383 e. The SMILES string of the molecule is COCCn1cccc1C(=O)NCc1sccc1Br. The molecule has 6 heteroatoms. The molecule has 1 amide bonds. The summed E-state index contributed by atoms with van der Waals surface area (Å²) in [7, 11) is 1.65. The molecular formula is C13H15BrN2O2S. The van der Waals surface area contributed by atoms with Crippen LogP contribution in [0, 0.1) is 0 Å². The number of aromatic nitrogens is 1. The van der Waals surface area contributed by atoms with Crippen LogP contribution in [0.4, 0.5) is 0 Å². The minimum Gasteiger partial charge on any atom is -0.383 e. The molecule has 0 bridgehead atoms. The Morgan fingerprint density at radius 3 is 3.05 bits per heavy atom. The minimum atomic E-state index is -0.0681. The maximum Gasteiger partial charge on any atom is 0.268 e. The topological polar surface area (TPSA) is 43.3 Å². The van der Waals surface area contributed by atoms with E-state index in [2.05, 4.69) is 21.2 Å². The third-order valence-electron chi connectivity index (χ3n) is 2.70. The molecular weight excluding hydrogens is 328 g/mol. The first-order chi connectivity index (χ1) is 9.22. The van der Waals surface area contributed by atoms with Gasteiger partial charge in [-0.3, -0.25) is 4.79 Å². The maximum atomic E-state index is 12.1. The van der Waals surface area contributed by atoms with Crippen molar-refractivity contribution in [3.8, 4) is 0 Å². The van der Waals surface area contributed by atoms with Gasteiger partial charge >= 0.3 is 0 Å². The number of halogens is 1. The lowest BCUT2D eigenvalue weighted by Crippen LogP contribution is -2.25. The molecule has 0 unspecified atom stereocenters. The number of hydrogen-bond acceptors (Lipinski definition) is 3. The third kappa shape index (κ3) is 3.68. The van der Waals surface area contributed by atoms with E-state index in [1.54, 1.807) is 18.4 Å². The molecule has 4 nitrogen and oxygen atoms in total. The summed E-state index contributed by atoms with van der Waals surface area (Å²) in [5.74, 6) is -0.0681. The molecule has 0 aliphatic rings. The molecule has 2 aromatic rings. The summed E-state index contributed by atoms with van der Waals surface area (Å²) in [6.45, 7) is 1.80. The van der Waals surface area contributed by atoms with Gasteiger partial charge < -0.3 is 14.6 Å². The Labute approximate surface area is 124 Å². The Morgan fingerprint density at radius 1 is 1.53 bits per heavy atom. The van der Waals surface area contributed by atoms with E-state index in [0.29, 0.717) is 25.4 Å². The lowest BCUT2D eigenvalue weighted by molar-refractivity contribution is 0.0939. The summed E-state index contributed by atoms with van der Waals surface area (Å²) in [5, 5.41) is 4.92. The normalized spacial score (nSPS) is 10.6. The fraction of sp³-hybridized carbons (Fsp3) is 0.308. The van der Waals surface area contributed by atoms with Gasteiger partial charge in [-0.1, -0.05) is 0 Å². The molecule has 0 radical (unpaired) electrons. The first-order valence-electron chi connectivity index (χ1n) is 5.86. The number of thiophene rings is 1. The van der Waals surface area contributed by atoms with Gasteiger partial charge in [-0.15, -0.1) is 11.3 Å².